The quantitative estimate of drug-likeness (QED) is 0.437. The summed E-state index contributed by atoms with van der Waals surface area (Å²) in [6.07, 6.45) is -1.51. The van der Waals surface area contributed by atoms with Crippen LogP contribution in [0.3, 0.4) is 0 Å². The monoisotopic (exact) mass is 167 g/mol. The Morgan fingerprint density at radius 2 is 2.29 bits per heavy atom. The number of hydrogen-bond acceptors (Lipinski definition) is 2. The van der Waals surface area contributed by atoms with Crippen molar-refractivity contribution in [3.05, 3.63) is 0 Å². The number of alkyl halides is 1. The van der Waals surface area contributed by atoms with E-state index in [2.05, 4.69) is 20.7 Å². The molecule has 0 rings (SSSR count). The van der Waals surface area contributed by atoms with Crippen LogP contribution in [0.1, 0.15) is 6.92 Å². The summed E-state index contributed by atoms with van der Waals surface area (Å²) in [6, 6.07) is 0. The van der Waals surface area contributed by atoms with E-state index in [1.165, 1.54) is 6.92 Å². The van der Waals surface area contributed by atoms with E-state index in [1.54, 1.807) is 0 Å². The van der Waals surface area contributed by atoms with Gasteiger partial charge in [0, 0.05) is 0 Å². The third-order valence-electron chi connectivity index (χ3n) is 0.259. The van der Waals surface area contributed by atoms with Gasteiger partial charge in [-0.2, -0.15) is 9.90 Å². The van der Waals surface area contributed by atoms with Gasteiger partial charge in [-0.25, -0.2) is 0 Å². The van der Waals surface area contributed by atoms with Gasteiger partial charge in [0.25, 0.3) is 0 Å². The normalized spacial score (nSPS) is 12.9. The molecule has 4 heteroatoms. The highest BCUT2D eigenvalue weighted by molar-refractivity contribution is 9.09. The Morgan fingerprint density at radius 1 is 1.86 bits per heavy atom. The molecular formula is C3H4BrO3. The molecule has 0 bridgehead atoms. The van der Waals surface area contributed by atoms with Crippen LogP contribution < -0.4 is 0 Å². The van der Waals surface area contributed by atoms with Crippen molar-refractivity contribution in [3.8, 4) is 0 Å². The van der Waals surface area contributed by atoms with Crippen LogP contribution >= 0.6 is 15.9 Å². The molecule has 0 aromatic rings. The van der Waals surface area contributed by atoms with Crippen molar-refractivity contribution < 1.29 is 14.6 Å². The molecule has 0 saturated carbocycles. The third-order valence-corrected chi connectivity index (χ3v) is 0.446. The zero-order chi connectivity index (χ0) is 5.86. The van der Waals surface area contributed by atoms with E-state index in [0.29, 0.717) is 0 Å². The maximum Gasteiger partial charge on any atom is 0.551 e. The first kappa shape index (κ1) is 6.75. The fourth-order valence-corrected chi connectivity index (χ4v) is 0.285. The lowest BCUT2D eigenvalue weighted by Gasteiger charge is -1.95. The molecule has 0 N–H and O–H groups in total. The van der Waals surface area contributed by atoms with Gasteiger partial charge in [0.05, 0.1) is 0 Å². The van der Waals surface area contributed by atoms with E-state index < -0.39 is 11.2 Å². The van der Waals surface area contributed by atoms with Crippen LogP contribution in [0.15, 0.2) is 0 Å². The molecular weight excluding hydrogens is 164 g/mol. The largest absolute Gasteiger partial charge is 0.551 e. The Kier molecular flexibility index (Phi) is 2.75. The fraction of sp³-hybridized carbons (Fsp3) is 0.667. The first-order valence-electron chi connectivity index (χ1n) is 1.64. The maximum atomic E-state index is 9.45. The van der Waals surface area contributed by atoms with E-state index in [4.69, 9.17) is 0 Å². The molecule has 1 atom stereocenters. The molecule has 0 saturated heterocycles. The summed E-state index contributed by atoms with van der Waals surface area (Å²) in [5, 5.41) is 8.97. The molecule has 0 aromatic heterocycles. The zero-order valence-corrected chi connectivity index (χ0v) is 5.27. The van der Waals surface area contributed by atoms with Crippen molar-refractivity contribution in [1.82, 2.24) is 0 Å². The molecule has 0 spiro atoms. The van der Waals surface area contributed by atoms with Crippen LogP contribution in [0.4, 0.5) is 4.79 Å². The smallest absolute Gasteiger partial charge is 0.417 e. The highest BCUT2D eigenvalue weighted by Crippen LogP contribution is 1.98. The lowest BCUT2D eigenvalue weighted by molar-refractivity contribution is 0.0652. The Labute approximate surface area is 49.4 Å². The fourth-order valence-electron chi connectivity index (χ4n) is 0.133. The van der Waals surface area contributed by atoms with Crippen LogP contribution in [0.25, 0.3) is 0 Å². The van der Waals surface area contributed by atoms with Gasteiger partial charge in [-0.15, -0.1) is 0 Å². The molecule has 0 aliphatic carbocycles. The number of halogens is 1. The van der Waals surface area contributed by atoms with Gasteiger partial charge >= 0.3 is 6.16 Å². The molecule has 1 radical (unpaired) electrons. The first-order valence-corrected chi connectivity index (χ1v) is 2.56. The molecule has 1 unspecified atom stereocenters. The molecule has 0 aromatic carbocycles. The van der Waals surface area contributed by atoms with Crippen LogP contribution in [0.2, 0.25) is 0 Å². The van der Waals surface area contributed by atoms with Crippen molar-refractivity contribution in [2.45, 2.75) is 11.9 Å². The van der Waals surface area contributed by atoms with Gasteiger partial charge in [0.15, 0.2) is 5.01 Å². The highest BCUT2D eigenvalue weighted by atomic mass is 79.9. The summed E-state index contributed by atoms with van der Waals surface area (Å²) in [6.45, 7) is 1.54. The Hall–Kier alpha value is -0.250. The second kappa shape index (κ2) is 2.85. The number of carbonyl (C=O) groups excluding carboxylic acids is 1. The maximum absolute atomic E-state index is 9.45. The van der Waals surface area contributed by atoms with Crippen molar-refractivity contribution in [1.29, 1.82) is 0 Å². The van der Waals surface area contributed by atoms with Gasteiger partial charge in [-0.1, -0.05) is 0 Å². The minimum atomic E-state index is -1.51. The summed E-state index contributed by atoms with van der Waals surface area (Å²) < 4.78 is 3.97. The van der Waals surface area contributed by atoms with Gasteiger partial charge in [-0.3, -0.25) is 0 Å². The van der Waals surface area contributed by atoms with Gasteiger partial charge < -0.3 is 4.74 Å². The number of hydrogen-bond donors (Lipinski definition) is 0. The van der Waals surface area contributed by atoms with Crippen LogP contribution in [-0.2, 0) is 9.84 Å². The minimum Gasteiger partial charge on any atom is -0.417 e. The second-order valence-electron chi connectivity index (χ2n) is 0.911. The summed E-state index contributed by atoms with van der Waals surface area (Å²) in [5.74, 6) is 0. The molecule has 0 amide bonds. The highest BCUT2D eigenvalue weighted by Gasteiger charge is 2.01. The summed E-state index contributed by atoms with van der Waals surface area (Å²) in [7, 11) is 0. The van der Waals surface area contributed by atoms with Crippen molar-refractivity contribution >= 4 is 22.1 Å². The van der Waals surface area contributed by atoms with Crippen LogP contribution in [-0.4, -0.2) is 11.2 Å². The van der Waals surface area contributed by atoms with E-state index in [1.807, 2.05) is 0 Å². The standard InChI is InChI=1S/C3H4BrO3/c1-2(4)7-3(5)6/h2H,1H3. The average Bonchev–Trinajstić information content (AvgIpc) is 1.27. The van der Waals surface area contributed by atoms with E-state index in [0.717, 1.165) is 0 Å². The van der Waals surface area contributed by atoms with Gasteiger partial charge in [0.2, 0.25) is 0 Å². The van der Waals surface area contributed by atoms with E-state index >= 15 is 0 Å². The lowest BCUT2D eigenvalue weighted by Crippen LogP contribution is -2.03. The Balaban J connectivity index is 3.13. The lowest BCUT2D eigenvalue weighted by atomic mass is 10.9. The van der Waals surface area contributed by atoms with Crippen molar-refractivity contribution in [2.24, 2.45) is 0 Å². The van der Waals surface area contributed by atoms with E-state index in [9.17, 15) is 9.90 Å². The van der Waals surface area contributed by atoms with Crippen LogP contribution in [0, 0.1) is 0 Å². The number of carbonyl (C=O) groups is 1. The Morgan fingerprint density at radius 3 is 2.29 bits per heavy atom. The topological polar surface area (TPSA) is 46.2 Å². The second-order valence-corrected chi connectivity index (χ2v) is 2.20. The molecule has 7 heavy (non-hydrogen) atoms. The van der Waals surface area contributed by atoms with Crippen molar-refractivity contribution in [2.75, 3.05) is 0 Å². The summed E-state index contributed by atoms with van der Waals surface area (Å²) in [4.78, 5) is 9.45. The average molecular weight is 168 g/mol. The van der Waals surface area contributed by atoms with Crippen LogP contribution in [0.5, 0.6) is 0 Å². The molecule has 0 heterocycles. The Bertz CT molecular complexity index is 70.6. The summed E-state index contributed by atoms with van der Waals surface area (Å²) in [5.41, 5.74) is 0. The molecule has 0 aliphatic heterocycles. The minimum absolute atomic E-state index is 0.475. The third kappa shape index (κ3) is 5.75. The molecule has 0 aliphatic rings. The predicted molar refractivity (Wildman–Crippen MR) is 25.6 cm³/mol. The SMILES string of the molecule is CC(Br)OC([O])=O. The zero-order valence-electron chi connectivity index (χ0n) is 3.68. The molecule has 3 nitrogen and oxygen atoms in total. The van der Waals surface area contributed by atoms with Crippen molar-refractivity contribution in [3.63, 3.8) is 0 Å². The number of rotatable bonds is 1. The summed E-state index contributed by atoms with van der Waals surface area (Å²) >= 11 is 2.83. The number of ether oxygens (including phenoxy) is 1. The molecule has 41 valence electrons. The first-order chi connectivity index (χ1) is 3.13. The molecule has 0 fully saturated rings. The van der Waals surface area contributed by atoms with Gasteiger partial charge in [-0.05, 0) is 22.9 Å². The predicted octanol–water partition coefficient (Wildman–Crippen LogP) is 1.29. The van der Waals surface area contributed by atoms with E-state index in [-0.39, 0.29) is 0 Å². The van der Waals surface area contributed by atoms with Gasteiger partial charge in [0.1, 0.15) is 0 Å².